The molecule has 7 heteroatoms. The van der Waals surface area contributed by atoms with Crippen LogP contribution in [-0.4, -0.2) is 50.7 Å². The largest absolute Gasteiger partial charge is 0.306 e. The van der Waals surface area contributed by atoms with E-state index >= 15 is 0 Å². The van der Waals surface area contributed by atoms with Gasteiger partial charge in [-0.3, -0.25) is 14.8 Å². The minimum Gasteiger partial charge on any atom is -0.306 e. The Morgan fingerprint density at radius 1 is 1.19 bits per heavy atom. The maximum Gasteiger partial charge on any atom is 0.229 e. The summed E-state index contributed by atoms with van der Waals surface area (Å²) in [5.74, 6) is 0.406. The Kier molecular flexibility index (Phi) is 4.38. The van der Waals surface area contributed by atoms with Gasteiger partial charge < -0.3 is 4.90 Å². The molecule has 0 bridgehead atoms. The van der Waals surface area contributed by atoms with Crippen molar-refractivity contribution in [1.82, 2.24) is 24.6 Å². The van der Waals surface area contributed by atoms with Gasteiger partial charge in [-0.05, 0) is 45.1 Å². The molecule has 0 spiro atoms. The summed E-state index contributed by atoms with van der Waals surface area (Å²) in [7, 11) is 3.98. The first-order chi connectivity index (χ1) is 12.6. The topological polar surface area (TPSA) is 75.9 Å². The highest BCUT2D eigenvalue weighted by molar-refractivity contribution is 5.92. The number of nitrogens with zero attached hydrogens (tertiary/aromatic N) is 5. The second-order valence-corrected chi connectivity index (χ2v) is 6.91. The van der Waals surface area contributed by atoms with E-state index in [1.165, 1.54) is 0 Å². The number of nitrogens with one attached hydrogen (secondary N) is 1. The van der Waals surface area contributed by atoms with Crippen LogP contribution in [0.5, 0.6) is 0 Å². The molecule has 1 aliphatic rings. The summed E-state index contributed by atoms with van der Waals surface area (Å²) in [6, 6.07) is 7.92. The van der Waals surface area contributed by atoms with Crippen LogP contribution in [0.4, 0.5) is 5.95 Å². The second-order valence-electron chi connectivity index (χ2n) is 6.91. The minimum atomic E-state index is 0.0123. The Morgan fingerprint density at radius 2 is 2.00 bits per heavy atom. The van der Waals surface area contributed by atoms with Crippen molar-refractivity contribution in [3.8, 4) is 11.3 Å². The Bertz CT molecular complexity index is 942. The lowest BCUT2D eigenvalue weighted by Crippen LogP contribution is -2.36. The number of anilines is 1. The van der Waals surface area contributed by atoms with Crippen LogP contribution in [0.15, 0.2) is 36.7 Å². The number of rotatable bonds is 3. The molecule has 1 N–H and O–H groups in total. The summed E-state index contributed by atoms with van der Waals surface area (Å²) in [6.45, 7) is 1.90. The lowest BCUT2D eigenvalue weighted by atomic mass is 9.96. The lowest BCUT2D eigenvalue weighted by molar-refractivity contribution is -0.121. The smallest absolute Gasteiger partial charge is 0.229 e. The van der Waals surface area contributed by atoms with Gasteiger partial charge in [0.1, 0.15) is 0 Å². The summed E-state index contributed by atoms with van der Waals surface area (Å²) in [4.78, 5) is 23.5. The first-order valence-corrected chi connectivity index (χ1v) is 8.85. The molecule has 3 heterocycles. The van der Waals surface area contributed by atoms with E-state index in [-0.39, 0.29) is 11.8 Å². The van der Waals surface area contributed by atoms with Crippen molar-refractivity contribution < 1.29 is 4.79 Å². The molecule has 1 saturated heterocycles. The van der Waals surface area contributed by atoms with Crippen molar-refractivity contribution in [2.24, 2.45) is 13.0 Å². The van der Waals surface area contributed by atoms with Crippen LogP contribution in [0.2, 0.25) is 0 Å². The van der Waals surface area contributed by atoms with Gasteiger partial charge in [0.25, 0.3) is 0 Å². The zero-order valence-electron chi connectivity index (χ0n) is 15.0. The van der Waals surface area contributed by atoms with E-state index in [2.05, 4.69) is 32.3 Å². The van der Waals surface area contributed by atoms with E-state index in [0.29, 0.717) is 5.95 Å². The first kappa shape index (κ1) is 16.7. The van der Waals surface area contributed by atoms with Crippen LogP contribution in [-0.2, 0) is 11.8 Å². The Morgan fingerprint density at radius 3 is 2.73 bits per heavy atom. The highest BCUT2D eigenvalue weighted by atomic mass is 16.2. The fraction of sp³-hybridized carbons (Fsp3) is 0.368. The number of amides is 1. The van der Waals surface area contributed by atoms with E-state index < -0.39 is 0 Å². The Labute approximate surface area is 152 Å². The average Bonchev–Trinajstić information content (AvgIpc) is 3.08. The first-order valence-electron chi connectivity index (χ1n) is 8.85. The van der Waals surface area contributed by atoms with Crippen LogP contribution >= 0.6 is 0 Å². The fourth-order valence-electron chi connectivity index (χ4n) is 3.29. The Balaban J connectivity index is 1.55. The SMILES string of the molecule is CN1CCC(C(=O)Nc2ncc3ccc(-c4ccn(C)n4)cc3n2)CC1. The second kappa shape index (κ2) is 6.84. The van der Waals surface area contributed by atoms with E-state index in [1.807, 2.05) is 37.5 Å². The molecule has 1 fully saturated rings. The van der Waals surface area contributed by atoms with Gasteiger partial charge >= 0.3 is 0 Å². The van der Waals surface area contributed by atoms with Crippen LogP contribution in [0, 0.1) is 5.92 Å². The van der Waals surface area contributed by atoms with E-state index in [0.717, 1.165) is 48.1 Å². The number of hydrogen-bond donors (Lipinski definition) is 1. The van der Waals surface area contributed by atoms with Gasteiger partial charge in [0.05, 0.1) is 11.2 Å². The summed E-state index contributed by atoms with van der Waals surface area (Å²) >= 11 is 0. The molecule has 4 rings (SSSR count). The van der Waals surface area contributed by atoms with Gasteiger partial charge in [-0.15, -0.1) is 0 Å². The van der Waals surface area contributed by atoms with Crippen molar-refractivity contribution in [2.75, 3.05) is 25.5 Å². The molecule has 7 nitrogen and oxygen atoms in total. The van der Waals surface area contributed by atoms with Crippen molar-refractivity contribution in [3.05, 3.63) is 36.7 Å². The predicted molar refractivity (Wildman–Crippen MR) is 101 cm³/mol. The van der Waals surface area contributed by atoms with Crippen molar-refractivity contribution in [1.29, 1.82) is 0 Å². The number of piperidine rings is 1. The molecular weight excluding hydrogens is 328 g/mol. The van der Waals surface area contributed by atoms with Gasteiger partial charge in [-0.2, -0.15) is 5.10 Å². The van der Waals surface area contributed by atoms with E-state index in [4.69, 9.17) is 0 Å². The highest BCUT2D eigenvalue weighted by Crippen LogP contribution is 2.23. The summed E-state index contributed by atoms with van der Waals surface area (Å²) < 4.78 is 1.77. The Hall–Kier alpha value is -2.80. The van der Waals surface area contributed by atoms with E-state index in [1.54, 1.807) is 10.9 Å². The van der Waals surface area contributed by atoms with Gasteiger partial charge in [-0.25, -0.2) is 9.97 Å². The third-order valence-corrected chi connectivity index (χ3v) is 4.92. The minimum absolute atomic E-state index is 0.0123. The zero-order chi connectivity index (χ0) is 18.1. The maximum atomic E-state index is 12.5. The van der Waals surface area contributed by atoms with Gasteiger partial charge in [0.2, 0.25) is 11.9 Å². The van der Waals surface area contributed by atoms with Gasteiger partial charge in [0.15, 0.2) is 0 Å². The number of aromatic nitrogens is 4. The van der Waals surface area contributed by atoms with Crippen molar-refractivity contribution >= 4 is 22.8 Å². The monoisotopic (exact) mass is 350 g/mol. The normalized spacial score (nSPS) is 16.1. The fourth-order valence-corrected chi connectivity index (χ4v) is 3.29. The molecule has 0 saturated carbocycles. The van der Waals surface area contributed by atoms with Crippen LogP contribution in [0.1, 0.15) is 12.8 Å². The molecule has 1 amide bonds. The number of aryl methyl sites for hydroxylation is 1. The lowest BCUT2D eigenvalue weighted by Gasteiger charge is -2.27. The molecule has 134 valence electrons. The van der Waals surface area contributed by atoms with Crippen molar-refractivity contribution in [2.45, 2.75) is 12.8 Å². The zero-order valence-corrected chi connectivity index (χ0v) is 15.0. The number of benzene rings is 1. The maximum absolute atomic E-state index is 12.5. The number of likely N-dealkylation sites (tertiary alicyclic amines) is 1. The summed E-state index contributed by atoms with van der Waals surface area (Å²) in [6.07, 6.45) is 5.40. The average molecular weight is 350 g/mol. The standard InChI is InChI=1S/C19H22N6O/c1-24-8-5-13(6-9-24)18(26)22-19-20-12-15-4-3-14(11-17(15)21-19)16-7-10-25(2)23-16/h3-4,7,10-13H,5-6,8-9H2,1-2H3,(H,20,21,22,26). The number of fused-ring (bicyclic) bond motifs is 1. The predicted octanol–water partition coefficient (Wildman–Crippen LogP) is 2.31. The molecule has 0 aliphatic carbocycles. The molecule has 1 aliphatic heterocycles. The van der Waals surface area contributed by atoms with E-state index in [9.17, 15) is 4.79 Å². The van der Waals surface area contributed by atoms with Crippen molar-refractivity contribution in [3.63, 3.8) is 0 Å². The van der Waals surface area contributed by atoms with Crippen LogP contribution in [0.3, 0.4) is 0 Å². The molecule has 0 radical (unpaired) electrons. The third kappa shape index (κ3) is 3.43. The van der Waals surface area contributed by atoms with Gasteiger partial charge in [0, 0.05) is 36.3 Å². The molecular formula is C19H22N6O. The number of carbonyl (C=O) groups is 1. The third-order valence-electron chi connectivity index (χ3n) is 4.92. The summed E-state index contributed by atoms with van der Waals surface area (Å²) in [5, 5.41) is 8.24. The molecule has 3 aromatic rings. The molecule has 1 aromatic carbocycles. The van der Waals surface area contributed by atoms with Crippen LogP contribution in [0.25, 0.3) is 22.2 Å². The number of carbonyl (C=O) groups excluding carboxylic acids is 1. The number of hydrogen-bond acceptors (Lipinski definition) is 5. The molecule has 0 unspecified atom stereocenters. The summed E-state index contributed by atoms with van der Waals surface area (Å²) in [5.41, 5.74) is 2.68. The van der Waals surface area contributed by atoms with Gasteiger partial charge in [-0.1, -0.05) is 12.1 Å². The molecule has 26 heavy (non-hydrogen) atoms. The van der Waals surface area contributed by atoms with Crippen LogP contribution < -0.4 is 5.32 Å². The highest BCUT2D eigenvalue weighted by Gasteiger charge is 2.23. The molecule has 0 atom stereocenters. The quantitative estimate of drug-likeness (QED) is 0.784. The molecule has 2 aromatic heterocycles.